The highest BCUT2D eigenvalue weighted by molar-refractivity contribution is 7.99. The molecular weight excluding hydrogens is 429 g/mol. The van der Waals surface area contributed by atoms with Crippen molar-refractivity contribution in [2.45, 2.75) is 24.1 Å². The molecule has 32 heavy (non-hydrogen) atoms. The van der Waals surface area contributed by atoms with Crippen LogP contribution in [0.5, 0.6) is 5.75 Å². The van der Waals surface area contributed by atoms with Crippen molar-refractivity contribution in [3.63, 3.8) is 0 Å². The molecule has 0 unspecified atom stereocenters. The van der Waals surface area contributed by atoms with Crippen molar-refractivity contribution < 1.29 is 13.9 Å². The molecule has 1 N–H and O–H groups in total. The number of amides is 1. The van der Waals surface area contributed by atoms with E-state index in [4.69, 9.17) is 4.74 Å². The van der Waals surface area contributed by atoms with E-state index in [0.717, 1.165) is 11.1 Å². The number of fused-ring (bicyclic) bond motifs is 1. The van der Waals surface area contributed by atoms with Gasteiger partial charge in [-0.1, -0.05) is 42.1 Å². The van der Waals surface area contributed by atoms with Gasteiger partial charge in [0.2, 0.25) is 5.91 Å². The summed E-state index contributed by atoms with van der Waals surface area (Å²) < 4.78 is 20.5. The molecule has 0 radical (unpaired) electrons. The lowest BCUT2D eigenvalue weighted by atomic mass is 9.87. The Balaban J connectivity index is 1.58. The van der Waals surface area contributed by atoms with E-state index in [0.29, 0.717) is 34.6 Å². The Labute approximate surface area is 189 Å². The first kappa shape index (κ1) is 21.8. The Morgan fingerprint density at radius 2 is 1.94 bits per heavy atom. The summed E-state index contributed by atoms with van der Waals surface area (Å²) in [4.78, 5) is 29.5. The summed E-state index contributed by atoms with van der Waals surface area (Å²) in [6.07, 6.45) is 1.90. The highest BCUT2D eigenvalue weighted by Crippen LogP contribution is 2.36. The molecule has 0 bridgehead atoms. The number of ether oxygens (including phenoxy) is 1. The first-order chi connectivity index (χ1) is 15.5. The smallest absolute Gasteiger partial charge is 0.279 e. The summed E-state index contributed by atoms with van der Waals surface area (Å²) in [6.45, 7) is 4.00. The number of nitrogens with one attached hydrogen (secondary N) is 1. The fourth-order valence-corrected chi connectivity index (χ4v) is 4.33. The molecule has 2 aromatic carbocycles. The van der Waals surface area contributed by atoms with E-state index in [1.165, 1.54) is 23.9 Å². The van der Waals surface area contributed by atoms with Crippen LogP contribution in [-0.2, 0) is 18.4 Å². The molecule has 1 aromatic heterocycles. The van der Waals surface area contributed by atoms with Crippen molar-refractivity contribution in [2.24, 2.45) is 7.05 Å². The van der Waals surface area contributed by atoms with Crippen molar-refractivity contribution in [2.75, 3.05) is 11.1 Å². The molecule has 1 aliphatic heterocycles. The van der Waals surface area contributed by atoms with Gasteiger partial charge in [0.1, 0.15) is 24.0 Å². The van der Waals surface area contributed by atoms with Crippen molar-refractivity contribution in [1.82, 2.24) is 9.55 Å². The van der Waals surface area contributed by atoms with E-state index in [2.05, 4.69) is 16.9 Å². The standard InChI is InChI=1S/C24H22FN3O3S/c1-3-12-32-24-27-23(30)21-19(13-20(29)26-22(21)28(24)2)16-6-10-18(11-7-16)31-14-15-4-8-17(25)9-5-15/h3-11,19H,1,12-14H2,2H3,(H,26,29)/t19-/m0/s1. The van der Waals surface area contributed by atoms with Gasteiger partial charge in [0.25, 0.3) is 5.56 Å². The van der Waals surface area contributed by atoms with Crippen molar-refractivity contribution in [3.8, 4) is 5.75 Å². The SMILES string of the molecule is C=CCSc1nc(=O)c2c(n1C)NC(=O)C[C@H]2c1ccc(OCc2ccc(F)cc2)cc1. The molecule has 0 saturated carbocycles. The number of nitrogens with zero attached hydrogens (tertiary/aromatic N) is 2. The zero-order valence-electron chi connectivity index (χ0n) is 17.5. The Morgan fingerprint density at radius 3 is 2.62 bits per heavy atom. The normalized spacial score (nSPS) is 15.1. The highest BCUT2D eigenvalue weighted by Gasteiger charge is 2.32. The molecule has 6 nitrogen and oxygen atoms in total. The Hall–Kier alpha value is -3.39. The van der Waals surface area contributed by atoms with Gasteiger partial charge in [-0.15, -0.1) is 6.58 Å². The maximum atomic E-state index is 13.0. The molecule has 0 saturated heterocycles. The molecule has 1 atom stereocenters. The second-order valence-electron chi connectivity index (χ2n) is 7.41. The summed E-state index contributed by atoms with van der Waals surface area (Å²) in [6, 6.07) is 13.4. The Morgan fingerprint density at radius 1 is 1.22 bits per heavy atom. The summed E-state index contributed by atoms with van der Waals surface area (Å²) in [7, 11) is 1.78. The molecule has 1 amide bonds. The topological polar surface area (TPSA) is 73.2 Å². The van der Waals surface area contributed by atoms with Crippen LogP contribution in [0.2, 0.25) is 0 Å². The summed E-state index contributed by atoms with van der Waals surface area (Å²) in [5.41, 5.74) is 1.83. The zero-order chi connectivity index (χ0) is 22.7. The molecular formula is C24H22FN3O3S. The summed E-state index contributed by atoms with van der Waals surface area (Å²) in [5, 5.41) is 3.36. The van der Waals surface area contributed by atoms with Crippen molar-refractivity contribution in [3.05, 3.63) is 94.0 Å². The van der Waals surface area contributed by atoms with E-state index < -0.39 is 5.92 Å². The third-order valence-corrected chi connectivity index (χ3v) is 6.26. The third kappa shape index (κ3) is 4.60. The lowest BCUT2D eigenvalue weighted by Gasteiger charge is -2.27. The average molecular weight is 452 g/mol. The third-order valence-electron chi connectivity index (χ3n) is 5.23. The van der Waals surface area contributed by atoms with Gasteiger partial charge in [-0.05, 0) is 35.4 Å². The number of thioether (sulfide) groups is 1. The molecule has 1 aliphatic rings. The van der Waals surface area contributed by atoms with Crippen LogP contribution in [0, 0.1) is 5.82 Å². The average Bonchev–Trinajstić information content (AvgIpc) is 2.80. The van der Waals surface area contributed by atoms with Crippen LogP contribution in [0.1, 0.15) is 29.0 Å². The van der Waals surface area contributed by atoms with Crippen LogP contribution in [-0.4, -0.2) is 21.2 Å². The van der Waals surface area contributed by atoms with Crippen molar-refractivity contribution in [1.29, 1.82) is 0 Å². The molecule has 2 heterocycles. The number of halogens is 1. The second-order valence-corrected chi connectivity index (χ2v) is 8.40. The molecule has 0 fully saturated rings. The maximum Gasteiger partial charge on any atom is 0.279 e. The lowest BCUT2D eigenvalue weighted by molar-refractivity contribution is -0.116. The van der Waals surface area contributed by atoms with E-state index in [-0.39, 0.29) is 23.7 Å². The predicted molar refractivity (Wildman–Crippen MR) is 123 cm³/mol. The van der Waals surface area contributed by atoms with E-state index in [9.17, 15) is 14.0 Å². The predicted octanol–water partition coefficient (Wildman–Crippen LogP) is 4.25. The van der Waals surface area contributed by atoms with Crippen LogP contribution >= 0.6 is 11.8 Å². The first-order valence-corrected chi connectivity index (χ1v) is 11.1. The Kier molecular flexibility index (Phi) is 6.41. The number of hydrogen-bond acceptors (Lipinski definition) is 5. The number of carbonyl (C=O) groups excluding carboxylic acids is 1. The van der Waals surface area contributed by atoms with Gasteiger partial charge < -0.3 is 14.6 Å². The largest absolute Gasteiger partial charge is 0.489 e. The van der Waals surface area contributed by atoms with Crippen LogP contribution in [0.25, 0.3) is 0 Å². The second kappa shape index (κ2) is 9.40. The molecule has 0 spiro atoms. The monoisotopic (exact) mass is 451 g/mol. The minimum Gasteiger partial charge on any atom is -0.489 e. The molecule has 3 aromatic rings. The van der Waals surface area contributed by atoms with Gasteiger partial charge in [-0.3, -0.25) is 9.59 Å². The van der Waals surface area contributed by atoms with Gasteiger partial charge in [-0.25, -0.2) is 4.39 Å². The quantitative estimate of drug-likeness (QED) is 0.330. The highest BCUT2D eigenvalue weighted by atomic mass is 32.2. The number of benzene rings is 2. The number of carbonyl (C=O) groups is 1. The van der Waals surface area contributed by atoms with Gasteiger partial charge in [0, 0.05) is 25.1 Å². The molecule has 8 heteroatoms. The number of hydrogen-bond donors (Lipinski definition) is 1. The van der Waals surface area contributed by atoms with Gasteiger partial charge in [0.05, 0.1) is 5.56 Å². The number of rotatable bonds is 7. The fraction of sp³-hybridized carbons (Fsp3) is 0.208. The minimum absolute atomic E-state index is 0.153. The minimum atomic E-state index is -0.394. The molecule has 0 aliphatic carbocycles. The molecule has 164 valence electrons. The molecule has 4 rings (SSSR count). The lowest BCUT2D eigenvalue weighted by Crippen LogP contribution is -2.33. The van der Waals surface area contributed by atoms with E-state index >= 15 is 0 Å². The number of aromatic nitrogens is 2. The van der Waals surface area contributed by atoms with Gasteiger partial charge in [-0.2, -0.15) is 4.98 Å². The van der Waals surface area contributed by atoms with E-state index in [1.54, 1.807) is 42.0 Å². The fourth-order valence-electron chi connectivity index (χ4n) is 3.63. The first-order valence-electron chi connectivity index (χ1n) is 10.1. The summed E-state index contributed by atoms with van der Waals surface area (Å²) in [5.74, 6) is 0.891. The van der Waals surface area contributed by atoms with Gasteiger partial charge >= 0.3 is 0 Å². The van der Waals surface area contributed by atoms with Crippen LogP contribution in [0.3, 0.4) is 0 Å². The van der Waals surface area contributed by atoms with E-state index in [1.807, 2.05) is 12.1 Å². The number of anilines is 1. The zero-order valence-corrected chi connectivity index (χ0v) is 18.3. The van der Waals surface area contributed by atoms with Gasteiger partial charge in [0.15, 0.2) is 5.16 Å². The van der Waals surface area contributed by atoms with Crippen LogP contribution < -0.4 is 15.6 Å². The van der Waals surface area contributed by atoms with Crippen LogP contribution in [0.4, 0.5) is 10.2 Å². The maximum absolute atomic E-state index is 13.0. The Bertz CT molecular complexity index is 1210. The summed E-state index contributed by atoms with van der Waals surface area (Å²) >= 11 is 1.38. The van der Waals surface area contributed by atoms with Crippen molar-refractivity contribution >= 4 is 23.5 Å². The van der Waals surface area contributed by atoms with Crippen LogP contribution in [0.15, 0.2) is 71.1 Å².